The number of piperidine rings is 1. The van der Waals surface area contributed by atoms with Crippen LogP contribution in [0.25, 0.3) is 0 Å². The third kappa shape index (κ3) is 5.09. The zero-order chi connectivity index (χ0) is 19.2. The second-order valence-electron chi connectivity index (χ2n) is 6.72. The van der Waals surface area contributed by atoms with E-state index in [0.29, 0.717) is 50.5 Å². The maximum absolute atomic E-state index is 12.5. The van der Waals surface area contributed by atoms with Crippen molar-refractivity contribution in [1.82, 2.24) is 10.1 Å². The van der Waals surface area contributed by atoms with E-state index in [9.17, 15) is 9.59 Å². The first-order chi connectivity index (χ1) is 13.0. The van der Waals surface area contributed by atoms with Crippen molar-refractivity contribution < 1.29 is 18.8 Å². The highest BCUT2D eigenvalue weighted by atomic mass is 16.5. The number of ether oxygens (including phenoxy) is 1. The molecule has 1 N–H and O–H groups in total. The summed E-state index contributed by atoms with van der Waals surface area (Å²) in [5, 5.41) is 6.55. The van der Waals surface area contributed by atoms with Gasteiger partial charge in [-0.15, -0.1) is 0 Å². The van der Waals surface area contributed by atoms with Crippen LogP contribution in [0.3, 0.4) is 0 Å². The van der Waals surface area contributed by atoms with Crippen molar-refractivity contribution in [2.24, 2.45) is 5.92 Å². The van der Waals surface area contributed by atoms with Gasteiger partial charge in [0.2, 0.25) is 11.8 Å². The molecule has 0 spiro atoms. The van der Waals surface area contributed by atoms with Crippen LogP contribution < -0.4 is 10.1 Å². The Hall–Kier alpha value is -2.83. The molecule has 1 aromatic carbocycles. The number of carbonyl (C=O) groups is 2. The molecule has 7 heteroatoms. The van der Waals surface area contributed by atoms with E-state index in [-0.39, 0.29) is 17.7 Å². The van der Waals surface area contributed by atoms with Crippen molar-refractivity contribution in [2.45, 2.75) is 33.1 Å². The minimum absolute atomic E-state index is 0.0677. The Labute approximate surface area is 158 Å². The van der Waals surface area contributed by atoms with Gasteiger partial charge in [-0.3, -0.25) is 9.59 Å². The van der Waals surface area contributed by atoms with Gasteiger partial charge in [0.15, 0.2) is 5.82 Å². The van der Waals surface area contributed by atoms with Gasteiger partial charge in [-0.2, -0.15) is 0 Å². The summed E-state index contributed by atoms with van der Waals surface area (Å²) in [6.07, 6.45) is 1.66. The molecule has 0 aliphatic carbocycles. The van der Waals surface area contributed by atoms with Crippen molar-refractivity contribution in [3.8, 4) is 5.75 Å². The quantitative estimate of drug-likeness (QED) is 0.844. The number of hydrogen-bond donors (Lipinski definition) is 1. The Morgan fingerprint density at radius 2 is 1.96 bits per heavy atom. The van der Waals surface area contributed by atoms with Crippen LogP contribution in [0.5, 0.6) is 5.75 Å². The number of nitrogens with one attached hydrogen (secondary N) is 1. The molecule has 0 radical (unpaired) electrons. The second-order valence-corrected chi connectivity index (χ2v) is 6.72. The highest BCUT2D eigenvalue weighted by molar-refractivity contribution is 5.91. The highest BCUT2D eigenvalue weighted by Crippen LogP contribution is 2.21. The molecule has 1 aliphatic rings. The molecule has 0 saturated carbocycles. The Balaban J connectivity index is 1.46. The van der Waals surface area contributed by atoms with E-state index in [1.54, 1.807) is 13.0 Å². The van der Waals surface area contributed by atoms with Crippen molar-refractivity contribution in [3.05, 3.63) is 41.7 Å². The number of rotatable bonds is 6. The standard InChI is InChI=1S/C20H25N3O4/c1-3-26-17-6-4-15(5-7-17)13-19(24)23-10-8-16(9-11-23)20(25)21-18-12-14(2)27-22-18/h4-7,12,16H,3,8-11,13H2,1-2H3,(H,21,22,25). The monoisotopic (exact) mass is 371 g/mol. The molecular weight excluding hydrogens is 346 g/mol. The molecule has 0 unspecified atom stereocenters. The number of nitrogens with zero attached hydrogens (tertiary/aromatic N) is 2. The van der Waals surface area contributed by atoms with Crippen LogP contribution >= 0.6 is 0 Å². The first-order valence-corrected chi connectivity index (χ1v) is 9.29. The van der Waals surface area contributed by atoms with Crippen molar-refractivity contribution in [2.75, 3.05) is 25.0 Å². The molecule has 1 fully saturated rings. The first-order valence-electron chi connectivity index (χ1n) is 9.29. The second kappa shape index (κ2) is 8.70. The number of carbonyl (C=O) groups excluding carboxylic acids is 2. The lowest BCUT2D eigenvalue weighted by molar-refractivity contribution is -0.133. The average molecular weight is 371 g/mol. The number of likely N-dealkylation sites (tertiary alicyclic amines) is 1. The summed E-state index contributed by atoms with van der Waals surface area (Å²) < 4.78 is 10.4. The summed E-state index contributed by atoms with van der Waals surface area (Å²) in [5.74, 6) is 1.80. The van der Waals surface area contributed by atoms with Crippen molar-refractivity contribution in [1.29, 1.82) is 0 Å². The fourth-order valence-electron chi connectivity index (χ4n) is 3.20. The summed E-state index contributed by atoms with van der Waals surface area (Å²) >= 11 is 0. The Morgan fingerprint density at radius 1 is 1.26 bits per heavy atom. The molecule has 2 aromatic rings. The average Bonchev–Trinajstić information content (AvgIpc) is 3.08. The van der Waals surface area contributed by atoms with Gasteiger partial charge in [0.05, 0.1) is 13.0 Å². The lowest BCUT2D eigenvalue weighted by atomic mass is 9.95. The predicted octanol–water partition coefficient (Wildman–Crippen LogP) is 2.80. The molecule has 7 nitrogen and oxygen atoms in total. The fourth-order valence-corrected chi connectivity index (χ4v) is 3.20. The van der Waals surface area contributed by atoms with E-state index in [2.05, 4.69) is 10.5 Å². The summed E-state index contributed by atoms with van der Waals surface area (Å²) in [5.41, 5.74) is 0.963. The molecule has 144 valence electrons. The third-order valence-corrected chi connectivity index (χ3v) is 4.69. The lowest BCUT2D eigenvalue weighted by Crippen LogP contribution is -2.42. The van der Waals surface area contributed by atoms with E-state index in [1.165, 1.54) is 0 Å². The van der Waals surface area contributed by atoms with E-state index < -0.39 is 0 Å². The largest absolute Gasteiger partial charge is 0.494 e. The maximum atomic E-state index is 12.5. The summed E-state index contributed by atoms with van der Waals surface area (Å²) in [6.45, 7) is 5.51. The molecule has 0 atom stereocenters. The Morgan fingerprint density at radius 3 is 2.56 bits per heavy atom. The molecule has 27 heavy (non-hydrogen) atoms. The van der Waals surface area contributed by atoms with Crippen LogP contribution in [-0.4, -0.2) is 41.6 Å². The van der Waals surface area contributed by atoms with Crippen LogP contribution in [0.15, 0.2) is 34.9 Å². The van der Waals surface area contributed by atoms with Crippen molar-refractivity contribution >= 4 is 17.6 Å². The molecular formula is C20H25N3O4. The zero-order valence-electron chi connectivity index (χ0n) is 15.7. The van der Waals surface area contributed by atoms with Crippen LogP contribution in [0.1, 0.15) is 31.1 Å². The van der Waals surface area contributed by atoms with Gasteiger partial charge < -0.3 is 19.5 Å². The van der Waals surface area contributed by atoms with Gasteiger partial charge in [0.25, 0.3) is 0 Å². The van der Waals surface area contributed by atoms with Crippen LogP contribution in [-0.2, 0) is 16.0 Å². The molecule has 2 amide bonds. The van der Waals surface area contributed by atoms with E-state index in [4.69, 9.17) is 9.26 Å². The molecule has 0 bridgehead atoms. The number of hydrogen-bond acceptors (Lipinski definition) is 5. The summed E-state index contributed by atoms with van der Waals surface area (Å²) in [4.78, 5) is 26.7. The Bertz CT molecular complexity index is 777. The number of aromatic nitrogens is 1. The van der Waals surface area contributed by atoms with E-state index >= 15 is 0 Å². The number of benzene rings is 1. The summed E-state index contributed by atoms with van der Waals surface area (Å²) in [6, 6.07) is 9.29. The molecule has 1 saturated heterocycles. The number of aryl methyl sites for hydroxylation is 1. The van der Waals surface area contributed by atoms with Gasteiger partial charge in [-0.1, -0.05) is 17.3 Å². The lowest BCUT2D eigenvalue weighted by Gasteiger charge is -2.31. The maximum Gasteiger partial charge on any atom is 0.228 e. The van der Waals surface area contributed by atoms with Gasteiger partial charge in [0.1, 0.15) is 11.5 Å². The minimum Gasteiger partial charge on any atom is -0.494 e. The number of amides is 2. The zero-order valence-corrected chi connectivity index (χ0v) is 15.7. The van der Waals surface area contributed by atoms with E-state index in [1.807, 2.05) is 36.1 Å². The Kier molecular flexibility index (Phi) is 6.11. The molecule has 3 rings (SSSR count). The van der Waals surface area contributed by atoms with Gasteiger partial charge in [-0.05, 0) is 44.4 Å². The smallest absolute Gasteiger partial charge is 0.228 e. The van der Waals surface area contributed by atoms with Crippen LogP contribution in [0.4, 0.5) is 5.82 Å². The van der Waals surface area contributed by atoms with Gasteiger partial charge in [-0.25, -0.2) is 0 Å². The predicted molar refractivity (Wildman–Crippen MR) is 100 cm³/mol. The fraction of sp³-hybridized carbons (Fsp3) is 0.450. The van der Waals surface area contributed by atoms with Gasteiger partial charge in [0, 0.05) is 25.1 Å². The number of anilines is 1. The van der Waals surface area contributed by atoms with Crippen LogP contribution in [0, 0.1) is 12.8 Å². The molecule has 1 aromatic heterocycles. The SMILES string of the molecule is CCOc1ccc(CC(=O)N2CCC(C(=O)Nc3cc(C)on3)CC2)cc1. The normalized spacial score (nSPS) is 14.8. The third-order valence-electron chi connectivity index (χ3n) is 4.69. The highest BCUT2D eigenvalue weighted by Gasteiger charge is 2.27. The molecule has 1 aliphatic heterocycles. The van der Waals surface area contributed by atoms with Crippen LogP contribution in [0.2, 0.25) is 0 Å². The minimum atomic E-state index is -0.114. The molecule has 2 heterocycles. The first kappa shape index (κ1) is 18.9. The van der Waals surface area contributed by atoms with Crippen molar-refractivity contribution in [3.63, 3.8) is 0 Å². The van der Waals surface area contributed by atoms with E-state index in [0.717, 1.165) is 11.3 Å². The topological polar surface area (TPSA) is 84.7 Å². The summed E-state index contributed by atoms with van der Waals surface area (Å²) in [7, 11) is 0. The van der Waals surface area contributed by atoms with Gasteiger partial charge >= 0.3 is 0 Å².